The van der Waals surface area contributed by atoms with E-state index in [0.717, 1.165) is 6.07 Å². The second-order valence-corrected chi connectivity index (χ2v) is 4.87. The summed E-state index contributed by atoms with van der Waals surface area (Å²) >= 11 is 2.93. The fraction of sp³-hybridized carbons (Fsp3) is 0.273. The molecular formula is C11H8BrF2NO3. The molecule has 0 bridgehead atoms. The van der Waals surface area contributed by atoms with Crippen LogP contribution in [0.3, 0.4) is 0 Å². The number of carbonyl (C=O) groups excluding carboxylic acids is 1. The number of halogens is 3. The lowest BCUT2D eigenvalue weighted by molar-refractivity contribution is -0.139. The molecule has 1 aliphatic carbocycles. The van der Waals surface area contributed by atoms with Gasteiger partial charge in [0, 0.05) is 10.5 Å². The van der Waals surface area contributed by atoms with Gasteiger partial charge >= 0.3 is 5.97 Å². The van der Waals surface area contributed by atoms with Gasteiger partial charge in [-0.3, -0.25) is 9.59 Å². The molecule has 1 amide bonds. The first-order valence-electron chi connectivity index (χ1n) is 5.08. The zero-order valence-electron chi connectivity index (χ0n) is 8.91. The molecule has 7 heteroatoms. The quantitative estimate of drug-likeness (QED) is 0.899. The third-order valence-corrected chi connectivity index (χ3v) is 3.32. The van der Waals surface area contributed by atoms with Gasteiger partial charge in [0.25, 0.3) is 0 Å². The molecule has 2 rings (SSSR count). The van der Waals surface area contributed by atoms with Gasteiger partial charge in [0.15, 0.2) is 5.82 Å². The predicted octanol–water partition coefficient (Wildman–Crippen LogP) is 2.39. The fourth-order valence-corrected chi connectivity index (χ4v) is 2.14. The molecule has 0 spiro atoms. The molecule has 1 aliphatic rings. The molecule has 1 fully saturated rings. The Bertz CT molecular complexity index is 512. The summed E-state index contributed by atoms with van der Waals surface area (Å²) in [5, 5.41) is 10.9. The highest BCUT2D eigenvalue weighted by Crippen LogP contribution is 2.40. The molecule has 4 nitrogen and oxygen atoms in total. The third kappa shape index (κ3) is 2.50. The molecule has 0 radical (unpaired) electrons. The van der Waals surface area contributed by atoms with E-state index in [4.69, 9.17) is 5.11 Å². The summed E-state index contributed by atoms with van der Waals surface area (Å²) in [5.41, 5.74) is -0.183. The molecular weight excluding hydrogens is 312 g/mol. The lowest BCUT2D eigenvalue weighted by atomic mass is 10.2. The van der Waals surface area contributed by atoms with E-state index < -0.39 is 35.3 Å². The van der Waals surface area contributed by atoms with Crippen molar-refractivity contribution in [2.24, 2.45) is 11.8 Å². The van der Waals surface area contributed by atoms with Gasteiger partial charge < -0.3 is 10.4 Å². The van der Waals surface area contributed by atoms with Crippen LogP contribution >= 0.6 is 15.9 Å². The van der Waals surface area contributed by atoms with Crippen molar-refractivity contribution in [1.29, 1.82) is 0 Å². The molecule has 2 N–H and O–H groups in total. The molecule has 1 aromatic carbocycles. The number of carboxylic acid groups (broad SMARTS) is 1. The Balaban J connectivity index is 2.11. The van der Waals surface area contributed by atoms with Crippen molar-refractivity contribution in [2.75, 3.05) is 5.32 Å². The van der Waals surface area contributed by atoms with Crippen molar-refractivity contribution < 1.29 is 23.5 Å². The van der Waals surface area contributed by atoms with Crippen molar-refractivity contribution in [3.63, 3.8) is 0 Å². The Morgan fingerprint density at radius 2 is 2.00 bits per heavy atom. The van der Waals surface area contributed by atoms with E-state index in [1.54, 1.807) is 0 Å². The minimum Gasteiger partial charge on any atom is -0.481 e. The number of anilines is 1. The highest BCUT2D eigenvalue weighted by molar-refractivity contribution is 9.10. The van der Waals surface area contributed by atoms with E-state index in [1.165, 1.54) is 0 Å². The monoisotopic (exact) mass is 319 g/mol. The zero-order chi connectivity index (χ0) is 13.4. The summed E-state index contributed by atoms with van der Waals surface area (Å²) in [7, 11) is 0. The van der Waals surface area contributed by atoms with Crippen molar-refractivity contribution in [3.05, 3.63) is 28.2 Å². The zero-order valence-corrected chi connectivity index (χ0v) is 10.5. The largest absolute Gasteiger partial charge is 0.481 e. The molecule has 1 saturated carbocycles. The first-order valence-corrected chi connectivity index (χ1v) is 5.87. The summed E-state index contributed by atoms with van der Waals surface area (Å²) in [5.74, 6) is -4.68. The second kappa shape index (κ2) is 4.64. The van der Waals surface area contributed by atoms with E-state index in [-0.39, 0.29) is 16.6 Å². The van der Waals surface area contributed by atoms with Crippen LogP contribution in [-0.4, -0.2) is 17.0 Å². The molecule has 2 atom stereocenters. The number of aliphatic carboxylic acids is 1. The maximum Gasteiger partial charge on any atom is 0.307 e. The Kier molecular flexibility index (Phi) is 3.34. The van der Waals surface area contributed by atoms with Crippen LogP contribution in [0, 0.1) is 23.5 Å². The van der Waals surface area contributed by atoms with E-state index >= 15 is 0 Å². The van der Waals surface area contributed by atoms with Gasteiger partial charge in [-0.2, -0.15) is 0 Å². The number of carboxylic acids is 1. The Morgan fingerprint density at radius 1 is 1.33 bits per heavy atom. The van der Waals surface area contributed by atoms with Gasteiger partial charge in [-0.1, -0.05) is 0 Å². The summed E-state index contributed by atoms with van der Waals surface area (Å²) < 4.78 is 26.3. The molecule has 0 aromatic heterocycles. The smallest absolute Gasteiger partial charge is 0.307 e. The molecule has 96 valence electrons. The van der Waals surface area contributed by atoms with E-state index in [2.05, 4.69) is 21.2 Å². The van der Waals surface area contributed by atoms with Crippen molar-refractivity contribution in [1.82, 2.24) is 0 Å². The van der Waals surface area contributed by atoms with Gasteiger partial charge in [0.1, 0.15) is 5.82 Å². The number of amides is 1. The number of carbonyl (C=O) groups is 2. The molecule has 0 heterocycles. The van der Waals surface area contributed by atoms with Crippen LogP contribution in [0.5, 0.6) is 0 Å². The van der Waals surface area contributed by atoms with E-state index in [0.29, 0.717) is 6.07 Å². The number of hydrogen-bond donors (Lipinski definition) is 2. The van der Waals surface area contributed by atoms with Crippen molar-refractivity contribution >= 4 is 33.5 Å². The standard InChI is InChI=1S/C11H8BrF2NO3/c12-7-1-4(13)2-8(14)9(7)15-10(16)5-3-6(5)11(17)18/h1-2,5-6H,3H2,(H,15,16)(H,17,18)/t5-,6+/m1/s1. The van der Waals surface area contributed by atoms with Crippen LogP contribution in [-0.2, 0) is 9.59 Å². The van der Waals surface area contributed by atoms with Gasteiger partial charge in [-0.25, -0.2) is 8.78 Å². The topological polar surface area (TPSA) is 66.4 Å². The van der Waals surface area contributed by atoms with Gasteiger partial charge in [0.05, 0.1) is 17.5 Å². The van der Waals surface area contributed by atoms with Crippen molar-refractivity contribution in [3.8, 4) is 0 Å². The minimum atomic E-state index is -1.05. The number of rotatable bonds is 3. The number of hydrogen-bond acceptors (Lipinski definition) is 2. The fourth-order valence-electron chi connectivity index (χ4n) is 1.64. The van der Waals surface area contributed by atoms with Gasteiger partial charge in [-0.05, 0) is 28.4 Å². The average molecular weight is 320 g/mol. The summed E-state index contributed by atoms with van der Waals surface area (Å²) in [6, 6.07) is 1.65. The molecule has 0 aliphatic heterocycles. The van der Waals surface area contributed by atoms with Crippen LogP contribution in [0.1, 0.15) is 6.42 Å². The molecule has 1 aromatic rings. The van der Waals surface area contributed by atoms with Crippen LogP contribution in [0.25, 0.3) is 0 Å². The normalized spacial score (nSPS) is 21.5. The lowest BCUT2D eigenvalue weighted by Gasteiger charge is -2.08. The molecule has 0 unspecified atom stereocenters. The number of nitrogens with one attached hydrogen (secondary N) is 1. The van der Waals surface area contributed by atoms with Crippen molar-refractivity contribution in [2.45, 2.75) is 6.42 Å². The first-order chi connectivity index (χ1) is 8.40. The van der Waals surface area contributed by atoms with E-state index in [9.17, 15) is 18.4 Å². The third-order valence-electron chi connectivity index (χ3n) is 2.70. The minimum absolute atomic E-state index is 0.0703. The van der Waals surface area contributed by atoms with Crippen LogP contribution in [0.15, 0.2) is 16.6 Å². The number of benzene rings is 1. The highest BCUT2D eigenvalue weighted by atomic mass is 79.9. The average Bonchev–Trinajstić information content (AvgIpc) is 3.02. The van der Waals surface area contributed by atoms with Gasteiger partial charge in [0.2, 0.25) is 5.91 Å². The Labute approximate surface area is 109 Å². The van der Waals surface area contributed by atoms with E-state index in [1.807, 2.05) is 0 Å². The summed E-state index contributed by atoms with van der Waals surface area (Å²) in [4.78, 5) is 22.2. The summed E-state index contributed by atoms with van der Waals surface area (Å²) in [6.07, 6.45) is 0.238. The molecule has 18 heavy (non-hydrogen) atoms. The SMILES string of the molecule is O=C(O)[C@H]1C[C@H]1C(=O)Nc1c(F)cc(F)cc1Br. The Morgan fingerprint density at radius 3 is 2.50 bits per heavy atom. The molecule has 0 saturated heterocycles. The lowest BCUT2D eigenvalue weighted by Crippen LogP contribution is -2.18. The van der Waals surface area contributed by atoms with Crippen LogP contribution in [0.4, 0.5) is 14.5 Å². The van der Waals surface area contributed by atoms with Crippen LogP contribution < -0.4 is 5.32 Å². The first kappa shape index (κ1) is 12.9. The maximum absolute atomic E-state index is 13.4. The van der Waals surface area contributed by atoms with Gasteiger partial charge in [-0.15, -0.1) is 0 Å². The maximum atomic E-state index is 13.4. The Hall–Kier alpha value is -1.50. The summed E-state index contributed by atoms with van der Waals surface area (Å²) in [6.45, 7) is 0. The second-order valence-electron chi connectivity index (χ2n) is 4.02. The van der Waals surface area contributed by atoms with Crippen LogP contribution in [0.2, 0.25) is 0 Å². The predicted molar refractivity (Wildman–Crippen MR) is 61.9 cm³/mol. The highest BCUT2D eigenvalue weighted by Gasteiger charge is 2.48.